The predicted molar refractivity (Wildman–Crippen MR) is 78.8 cm³/mol. The molecule has 0 saturated heterocycles. The molecular weight excluding hydrogens is 226 g/mol. The molecule has 0 bridgehead atoms. The van der Waals surface area contributed by atoms with Gasteiger partial charge in [-0.3, -0.25) is 0 Å². The number of nitrogens with zero attached hydrogens (tertiary/aromatic N) is 1. The van der Waals surface area contributed by atoms with Gasteiger partial charge in [0.1, 0.15) is 0 Å². The Labute approximate surface area is 113 Å². The highest BCUT2D eigenvalue weighted by Crippen LogP contribution is 2.38. The van der Waals surface area contributed by atoms with Gasteiger partial charge in [0.25, 0.3) is 0 Å². The number of thiol groups is 1. The quantitative estimate of drug-likeness (QED) is 0.555. The minimum Gasteiger partial charge on any atom is -0.303 e. The molecule has 0 N–H and O–H groups in total. The molecule has 0 amide bonds. The first-order valence-corrected chi connectivity index (χ1v) is 8.24. The summed E-state index contributed by atoms with van der Waals surface area (Å²) in [7, 11) is 0. The largest absolute Gasteiger partial charge is 0.303 e. The number of hydrogen-bond acceptors (Lipinski definition) is 2. The zero-order chi connectivity index (χ0) is 12.1. The van der Waals surface area contributed by atoms with Crippen molar-refractivity contribution in [2.24, 2.45) is 11.3 Å². The van der Waals surface area contributed by atoms with E-state index in [9.17, 15) is 0 Å². The second kappa shape index (κ2) is 6.47. The van der Waals surface area contributed by atoms with Crippen LogP contribution in [0.3, 0.4) is 0 Å². The Morgan fingerprint density at radius 1 is 1.12 bits per heavy atom. The van der Waals surface area contributed by atoms with Crippen LogP contribution in [0.5, 0.6) is 0 Å². The Bertz CT molecular complexity index is 217. The average Bonchev–Trinajstić information content (AvgIpc) is 3.16. The monoisotopic (exact) mass is 255 g/mol. The van der Waals surface area contributed by atoms with Gasteiger partial charge in [0.15, 0.2) is 0 Å². The molecule has 2 heteroatoms. The van der Waals surface area contributed by atoms with Crippen LogP contribution < -0.4 is 0 Å². The summed E-state index contributed by atoms with van der Waals surface area (Å²) in [5.41, 5.74) is 0.532. The van der Waals surface area contributed by atoms with Crippen LogP contribution in [0.4, 0.5) is 0 Å². The van der Waals surface area contributed by atoms with Gasteiger partial charge in [-0.1, -0.05) is 32.6 Å². The number of rotatable bonds is 6. The standard InChI is InChI=1S/C15H29NS/c1-2-16(11-14-7-8-14)12-15(13-17)9-5-3-4-6-10-15/h14,17H,2-13H2,1H3. The van der Waals surface area contributed by atoms with E-state index in [2.05, 4.69) is 11.8 Å². The highest BCUT2D eigenvalue weighted by molar-refractivity contribution is 7.80. The topological polar surface area (TPSA) is 3.24 Å². The molecule has 100 valence electrons. The van der Waals surface area contributed by atoms with Gasteiger partial charge in [-0.2, -0.15) is 12.6 Å². The lowest BCUT2D eigenvalue weighted by molar-refractivity contribution is 0.151. The van der Waals surface area contributed by atoms with Gasteiger partial charge in [0.2, 0.25) is 0 Å². The van der Waals surface area contributed by atoms with Gasteiger partial charge in [-0.15, -0.1) is 0 Å². The Morgan fingerprint density at radius 2 is 1.76 bits per heavy atom. The second-order valence-corrected chi connectivity index (χ2v) is 6.66. The van der Waals surface area contributed by atoms with Gasteiger partial charge < -0.3 is 4.90 Å². The van der Waals surface area contributed by atoms with E-state index in [1.54, 1.807) is 0 Å². The summed E-state index contributed by atoms with van der Waals surface area (Å²) in [6.07, 6.45) is 11.5. The van der Waals surface area contributed by atoms with Crippen molar-refractivity contribution in [2.45, 2.75) is 58.3 Å². The van der Waals surface area contributed by atoms with Crippen LogP contribution in [0.15, 0.2) is 0 Å². The SMILES string of the molecule is CCN(CC1CC1)CC1(CS)CCCCCC1. The molecular formula is C15H29NS. The molecule has 0 heterocycles. The summed E-state index contributed by atoms with van der Waals surface area (Å²) in [6, 6.07) is 0. The minimum absolute atomic E-state index is 0.532. The summed E-state index contributed by atoms with van der Waals surface area (Å²) in [5.74, 6) is 2.12. The maximum Gasteiger partial charge on any atom is 0.00458 e. The van der Waals surface area contributed by atoms with E-state index in [4.69, 9.17) is 12.6 Å². The average molecular weight is 255 g/mol. The first-order chi connectivity index (χ1) is 8.28. The van der Waals surface area contributed by atoms with E-state index in [0.717, 1.165) is 11.7 Å². The lowest BCUT2D eigenvalue weighted by Gasteiger charge is -2.36. The molecule has 1 nitrogen and oxygen atoms in total. The highest BCUT2D eigenvalue weighted by atomic mass is 32.1. The molecule has 0 unspecified atom stereocenters. The lowest BCUT2D eigenvalue weighted by atomic mass is 9.81. The fraction of sp³-hybridized carbons (Fsp3) is 1.00. The van der Waals surface area contributed by atoms with Crippen molar-refractivity contribution in [1.29, 1.82) is 0 Å². The van der Waals surface area contributed by atoms with Crippen LogP contribution in [-0.4, -0.2) is 30.3 Å². The summed E-state index contributed by atoms with van der Waals surface area (Å²) in [6.45, 7) is 6.22. The van der Waals surface area contributed by atoms with Gasteiger partial charge in [-0.05, 0) is 49.3 Å². The molecule has 0 spiro atoms. The van der Waals surface area contributed by atoms with Crippen LogP contribution >= 0.6 is 12.6 Å². The molecule has 2 fully saturated rings. The summed E-state index contributed by atoms with van der Waals surface area (Å²) < 4.78 is 0. The maximum atomic E-state index is 4.69. The van der Waals surface area contributed by atoms with E-state index in [0.29, 0.717) is 5.41 Å². The molecule has 0 aromatic heterocycles. The third-order valence-corrected chi connectivity index (χ3v) is 5.39. The molecule has 2 aliphatic rings. The Hall–Kier alpha value is 0.310. The van der Waals surface area contributed by atoms with E-state index >= 15 is 0 Å². The highest BCUT2D eigenvalue weighted by Gasteiger charge is 2.33. The van der Waals surface area contributed by atoms with Crippen molar-refractivity contribution >= 4 is 12.6 Å². The fourth-order valence-electron chi connectivity index (χ4n) is 3.29. The van der Waals surface area contributed by atoms with Crippen LogP contribution in [-0.2, 0) is 0 Å². The second-order valence-electron chi connectivity index (χ2n) is 6.34. The Morgan fingerprint density at radius 3 is 2.24 bits per heavy atom. The van der Waals surface area contributed by atoms with Crippen molar-refractivity contribution in [2.75, 3.05) is 25.4 Å². The van der Waals surface area contributed by atoms with Gasteiger partial charge in [-0.25, -0.2) is 0 Å². The van der Waals surface area contributed by atoms with Crippen molar-refractivity contribution in [1.82, 2.24) is 4.90 Å². The zero-order valence-corrected chi connectivity index (χ0v) is 12.4. The smallest absolute Gasteiger partial charge is 0.00458 e. The van der Waals surface area contributed by atoms with Crippen molar-refractivity contribution < 1.29 is 0 Å². The normalized spacial score (nSPS) is 24.9. The molecule has 0 aliphatic heterocycles. The molecule has 0 aromatic carbocycles. The number of hydrogen-bond donors (Lipinski definition) is 1. The Balaban J connectivity index is 1.89. The van der Waals surface area contributed by atoms with Crippen molar-refractivity contribution in [3.05, 3.63) is 0 Å². The lowest BCUT2D eigenvalue weighted by Crippen LogP contribution is -2.40. The molecule has 2 rings (SSSR count). The van der Waals surface area contributed by atoms with Crippen LogP contribution in [0.25, 0.3) is 0 Å². The van der Waals surface area contributed by atoms with Crippen LogP contribution in [0.1, 0.15) is 58.3 Å². The molecule has 0 radical (unpaired) electrons. The first-order valence-electron chi connectivity index (χ1n) is 7.61. The van der Waals surface area contributed by atoms with Gasteiger partial charge in [0.05, 0.1) is 0 Å². The van der Waals surface area contributed by atoms with Gasteiger partial charge >= 0.3 is 0 Å². The van der Waals surface area contributed by atoms with Crippen molar-refractivity contribution in [3.63, 3.8) is 0 Å². The van der Waals surface area contributed by atoms with Gasteiger partial charge in [0, 0.05) is 13.1 Å². The molecule has 2 saturated carbocycles. The predicted octanol–water partition coefficient (Wildman–Crippen LogP) is 3.99. The first kappa shape index (κ1) is 13.7. The molecule has 0 aromatic rings. The van der Waals surface area contributed by atoms with Crippen molar-refractivity contribution in [3.8, 4) is 0 Å². The van der Waals surface area contributed by atoms with E-state index in [1.165, 1.54) is 71.0 Å². The molecule has 0 atom stereocenters. The summed E-state index contributed by atoms with van der Waals surface area (Å²) in [4.78, 5) is 2.71. The Kier molecular flexibility index (Phi) is 5.23. The van der Waals surface area contributed by atoms with Crippen LogP contribution in [0.2, 0.25) is 0 Å². The third-order valence-electron chi connectivity index (χ3n) is 4.72. The zero-order valence-electron chi connectivity index (χ0n) is 11.5. The van der Waals surface area contributed by atoms with E-state index in [-0.39, 0.29) is 0 Å². The van der Waals surface area contributed by atoms with E-state index in [1.807, 2.05) is 0 Å². The third kappa shape index (κ3) is 4.17. The molecule has 17 heavy (non-hydrogen) atoms. The fourth-order valence-corrected chi connectivity index (χ4v) is 3.71. The maximum absolute atomic E-state index is 4.69. The summed E-state index contributed by atoms with van der Waals surface area (Å²) >= 11 is 4.69. The molecule has 2 aliphatic carbocycles. The summed E-state index contributed by atoms with van der Waals surface area (Å²) in [5, 5.41) is 0. The van der Waals surface area contributed by atoms with Crippen LogP contribution in [0, 0.1) is 11.3 Å². The van der Waals surface area contributed by atoms with E-state index < -0.39 is 0 Å². The minimum atomic E-state index is 0.532.